The molecule has 0 aromatic carbocycles. The molecule has 8 heavy (non-hydrogen) atoms. The lowest BCUT2D eigenvalue weighted by Gasteiger charge is -2.06. The molecule has 0 unspecified atom stereocenters. The summed E-state index contributed by atoms with van der Waals surface area (Å²) in [6, 6.07) is 0. The summed E-state index contributed by atoms with van der Waals surface area (Å²) in [5.41, 5.74) is 0. The summed E-state index contributed by atoms with van der Waals surface area (Å²) in [6.45, 7) is 1.18. The van der Waals surface area contributed by atoms with Gasteiger partial charge in [0.25, 0.3) is 0 Å². The van der Waals surface area contributed by atoms with Gasteiger partial charge in [-0.15, -0.1) is 0 Å². The maximum absolute atomic E-state index is 10.3. The molecule has 0 aliphatic carbocycles. The molecule has 1 fully saturated rings. The van der Waals surface area contributed by atoms with Crippen molar-refractivity contribution >= 4 is 22.8 Å². The quantitative estimate of drug-likeness (QED) is 0.482. The maximum Gasteiger partial charge on any atom is 0.231 e. The van der Waals surface area contributed by atoms with Crippen molar-refractivity contribution in [3.05, 3.63) is 6.54 Å². The summed E-state index contributed by atoms with van der Waals surface area (Å²) >= 11 is 1.02. The largest absolute Gasteiger partial charge is 0.342 e. The molecule has 4 heteroatoms. The summed E-state index contributed by atoms with van der Waals surface area (Å²) in [4.78, 5) is 20.6. The van der Waals surface area contributed by atoms with Crippen LogP contribution in [0.5, 0.6) is 0 Å². The van der Waals surface area contributed by atoms with Crippen LogP contribution >= 0.6 is 11.8 Å². The molecule has 1 aliphatic rings. The predicted molar refractivity (Wildman–Crippen MR) is 29.9 cm³/mol. The number of hydrogen-bond acceptors (Lipinski definition) is 3. The van der Waals surface area contributed by atoms with Crippen LogP contribution in [0.25, 0.3) is 0 Å². The van der Waals surface area contributed by atoms with Crippen molar-refractivity contribution < 1.29 is 9.59 Å². The van der Waals surface area contributed by atoms with Gasteiger partial charge < -0.3 is 5.32 Å². The van der Waals surface area contributed by atoms with Gasteiger partial charge in [0.05, 0.1) is 5.75 Å². The zero-order valence-corrected chi connectivity index (χ0v) is 4.83. The van der Waals surface area contributed by atoms with E-state index in [0.29, 0.717) is 0 Å². The Hall–Kier alpha value is -0.510. The lowest BCUT2D eigenvalue weighted by atomic mass is 10.6. The van der Waals surface area contributed by atoms with Gasteiger partial charge >= 0.3 is 0 Å². The zero-order valence-electron chi connectivity index (χ0n) is 4.01. The molecule has 3 nitrogen and oxygen atoms in total. The van der Waals surface area contributed by atoms with Crippen LogP contribution in [0.2, 0.25) is 0 Å². The fourth-order valence-electron chi connectivity index (χ4n) is 0.359. The Bertz CT molecular complexity index is 106. The second kappa shape index (κ2) is 2.17. The number of carbonyl (C=O) groups is 2. The van der Waals surface area contributed by atoms with E-state index in [1.54, 1.807) is 0 Å². The average molecular weight is 130 g/mol. The van der Waals surface area contributed by atoms with E-state index in [1.165, 1.54) is 6.54 Å². The number of nitrogens with one attached hydrogen (secondary N) is 1. The van der Waals surface area contributed by atoms with Crippen LogP contribution in [0.4, 0.5) is 0 Å². The van der Waals surface area contributed by atoms with Crippen LogP contribution in [0.3, 0.4) is 0 Å². The van der Waals surface area contributed by atoms with Gasteiger partial charge in [0.2, 0.25) is 11.0 Å². The lowest BCUT2D eigenvalue weighted by molar-refractivity contribution is -0.120. The van der Waals surface area contributed by atoms with E-state index < -0.39 is 0 Å². The van der Waals surface area contributed by atoms with Gasteiger partial charge in [-0.3, -0.25) is 9.59 Å². The Morgan fingerprint density at radius 3 is 2.75 bits per heavy atom. The molecule has 0 bridgehead atoms. The fourth-order valence-corrected chi connectivity index (χ4v) is 0.858. The van der Waals surface area contributed by atoms with Crippen LogP contribution in [0, 0.1) is 6.54 Å². The van der Waals surface area contributed by atoms with Crippen molar-refractivity contribution in [2.24, 2.45) is 0 Å². The van der Waals surface area contributed by atoms with Crippen LogP contribution in [-0.2, 0) is 9.59 Å². The standard InChI is InChI=1S/C4H4NO2S/c6-3-2-8-4(7)1-5-3/h1H,2H2,(H,5,6). The molecule has 0 spiro atoms. The van der Waals surface area contributed by atoms with E-state index in [9.17, 15) is 9.59 Å². The van der Waals surface area contributed by atoms with Gasteiger partial charge in [-0.05, 0) is 0 Å². The predicted octanol–water partition coefficient (Wildman–Crippen LogP) is -0.462. The highest BCUT2D eigenvalue weighted by Crippen LogP contribution is 2.06. The maximum atomic E-state index is 10.3. The summed E-state index contributed by atoms with van der Waals surface area (Å²) in [6.07, 6.45) is 0. The third-order valence-corrected chi connectivity index (χ3v) is 1.51. The third kappa shape index (κ3) is 1.23. The van der Waals surface area contributed by atoms with Crippen LogP contribution in [0.1, 0.15) is 0 Å². The fraction of sp³-hybridized carbons (Fsp3) is 0.250. The topological polar surface area (TPSA) is 46.2 Å². The van der Waals surface area contributed by atoms with Crippen molar-refractivity contribution in [1.29, 1.82) is 0 Å². The molecule has 1 radical (unpaired) electrons. The number of carbonyl (C=O) groups excluding carboxylic acids is 2. The molecule has 43 valence electrons. The first-order chi connectivity index (χ1) is 3.79. The van der Waals surface area contributed by atoms with E-state index in [4.69, 9.17) is 0 Å². The number of thioether (sulfide) groups is 1. The van der Waals surface area contributed by atoms with Gasteiger partial charge in [0.15, 0.2) is 0 Å². The highest BCUT2D eigenvalue weighted by Gasteiger charge is 2.14. The molecule has 1 aliphatic heterocycles. The SMILES string of the molecule is O=C1CSC(=O)[CH]N1. The van der Waals surface area contributed by atoms with E-state index in [2.05, 4.69) is 5.32 Å². The monoisotopic (exact) mass is 130 g/mol. The normalized spacial score (nSPS) is 20.5. The second-order valence-electron chi connectivity index (χ2n) is 1.32. The van der Waals surface area contributed by atoms with Crippen molar-refractivity contribution in [1.82, 2.24) is 5.32 Å². The second-order valence-corrected chi connectivity index (χ2v) is 2.30. The summed E-state index contributed by atoms with van der Waals surface area (Å²) < 4.78 is 0. The van der Waals surface area contributed by atoms with Crippen LogP contribution in [0.15, 0.2) is 0 Å². The van der Waals surface area contributed by atoms with Crippen molar-refractivity contribution in [3.63, 3.8) is 0 Å². The highest BCUT2D eigenvalue weighted by molar-refractivity contribution is 8.14. The molecular formula is C4H4NO2S. The van der Waals surface area contributed by atoms with Crippen molar-refractivity contribution in [3.8, 4) is 0 Å². The van der Waals surface area contributed by atoms with E-state index in [1.807, 2.05) is 0 Å². The Morgan fingerprint density at radius 1 is 1.62 bits per heavy atom. The molecule has 1 saturated heterocycles. The van der Waals surface area contributed by atoms with Gasteiger partial charge in [-0.2, -0.15) is 0 Å². The highest BCUT2D eigenvalue weighted by atomic mass is 32.2. The van der Waals surface area contributed by atoms with Crippen molar-refractivity contribution in [2.75, 3.05) is 5.75 Å². The molecule has 1 rings (SSSR count). The minimum Gasteiger partial charge on any atom is -0.342 e. The molecular weight excluding hydrogens is 126 g/mol. The molecule has 1 N–H and O–H groups in total. The van der Waals surface area contributed by atoms with Gasteiger partial charge in [0, 0.05) is 0 Å². The first-order valence-electron chi connectivity index (χ1n) is 2.08. The first-order valence-corrected chi connectivity index (χ1v) is 3.07. The van der Waals surface area contributed by atoms with E-state index >= 15 is 0 Å². The van der Waals surface area contributed by atoms with Crippen LogP contribution < -0.4 is 5.32 Å². The lowest BCUT2D eigenvalue weighted by Crippen LogP contribution is -2.30. The number of rotatable bonds is 0. The smallest absolute Gasteiger partial charge is 0.231 e. The van der Waals surface area contributed by atoms with E-state index in [0.717, 1.165) is 11.8 Å². The molecule has 0 aromatic rings. The molecule has 1 heterocycles. The molecule has 1 amide bonds. The zero-order chi connectivity index (χ0) is 5.98. The van der Waals surface area contributed by atoms with E-state index in [-0.39, 0.29) is 16.8 Å². The summed E-state index contributed by atoms with van der Waals surface area (Å²) in [5, 5.41) is 2.22. The number of amides is 1. The Morgan fingerprint density at radius 2 is 2.38 bits per heavy atom. The van der Waals surface area contributed by atoms with Gasteiger partial charge in [0.1, 0.15) is 6.54 Å². The Balaban J connectivity index is 2.40. The minimum atomic E-state index is -0.102. The molecule has 0 atom stereocenters. The Labute approximate surface area is 50.8 Å². The summed E-state index contributed by atoms with van der Waals surface area (Å²) in [5.74, 6) is 0.157. The van der Waals surface area contributed by atoms with Crippen LogP contribution in [-0.4, -0.2) is 16.8 Å². The Kier molecular flexibility index (Phi) is 1.53. The van der Waals surface area contributed by atoms with Crippen molar-refractivity contribution in [2.45, 2.75) is 0 Å². The van der Waals surface area contributed by atoms with Gasteiger partial charge in [-0.1, -0.05) is 11.8 Å². The molecule has 0 saturated carbocycles. The summed E-state index contributed by atoms with van der Waals surface area (Å²) in [7, 11) is 0. The molecule has 0 aromatic heterocycles. The minimum absolute atomic E-state index is 0.0791. The number of hydrogen-bond donors (Lipinski definition) is 1. The average Bonchev–Trinajstić information content (AvgIpc) is 1.77. The van der Waals surface area contributed by atoms with Gasteiger partial charge in [-0.25, -0.2) is 0 Å². The first kappa shape index (κ1) is 5.62. The third-order valence-electron chi connectivity index (χ3n) is 0.697.